The van der Waals surface area contributed by atoms with E-state index in [9.17, 15) is 8.42 Å². The average molecular weight is 302 g/mol. The van der Waals surface area contributed by atoms with Crippen LogP contribution in [0.1, 0.15) is 11.5 Å². The highest BCUT2D eigenvalue weighted by Gasteiger charge is 2.13. The number of aryl methyl sites for hydroxylation is 1. The van der Waals surface area contributed by atoms with Gasteiger partial charge < -0.3 is 4.42 Å². The largest absolute Gasteiger partial charge is 0.441 e. The topological polar surface area (TPSA) is 72.2 Å². The van der Waals surface area contributed by atoms with Gasteiger partial charge >= 0.3 is 0 Å². The number of rotatable bonds is 4. The van der Waals surface area contributed by atoms with Gasteiger partial charge in [-0.25, -0.2) is 18.1 Å². The summed E-state index contributed by atoms with van der Waals surface area (Å²) in [5, 5.41) is 0. The summed E-state index contributed by atoms with van der Waals surface area (Å²) < 4.78 is 32.2. The van der Waals surface area contributed by atoms with Crippen molar-refractivity contribution in [2.75, 3.05) is 0 Å². The van der Waals surface area contributed by atoms with E-state index in [1.54, 1.807) is 43.3 Å². The van der Waals surface area contributed by atoms with Gasteiger partial charge in [0.25, 0.3) is 0 Å². The maximum absolute atomic E-state index is 12.1. The number of sulfonamides is 1. The number of aromatic nitrogens is 1. The van der Waals surface area contributed by atoms with Crippen LogP contribution in [0, 0.1) is 6.92 Å². The van der Waals surface area contributed by atoms with Crippen LogP contribution in [0.3, 0.4) is 0 Å². The standard InChI is InChI=1S/C15H14N2O3S/c1-11-17-14-9-12(7-8-15(14)20-11)10-16-21(18,19)13-5-3-2-4-6-13/h2-9,16H,10H2,1H3. The predicted molar refractivity (Wildman–Crippen MR) is 79.2 cm³/mol. The molecule has 0 aliphatic heterocycles. The van der Waals surface area contributed by atoms with Gasteiger partial charge in [0.15, 0.2) is 11.5 Å². The van der Waals surface area contributed by atoms with Gasteiger partial charge in [0.1, 0.15) is 5.52 Å². The molecule has 0 atom stereocenters. The first kappa shape index (κ1) is 13.8. The summed E-state index contributed by atoms with van der Waals surface area (Å²) in [5.74, 6) is 0.590. The summed E-state index contributed by atoms with van der Waals surface area (Å²) in [6.45, 7) is 1.98. The van der Waals surface area contributed by atoms with E-state index in [-0.39, 0.29) is 11.4 Å². The van der Waals surface area contributed by atoms with Gasteiger partial charge in [0.2, 0.25) is 10.0 Å². The number of nitrogens with one attached hydrogen (secondary N) is 1. The zero-order chi connectivity index (χ0) is 14.9. The SMILES string of the molecule is Cc1nc2cc(CNS(=O)(=O)c3ccccc3)ccc2o1. The molecule has 3 aromatic rings. The lowest BCUT2D eigenvalue weighted by Crippen LogP contribution is -2.23. The highest BCUT2D eigenvalue weighted by molar-refractivity contribution is 7.89. The molecule has 21 heavy (non-hydrogen) atoms. The Morgan fingerprint density at radius 1 is 1.14 bits per heavy atom. The molecule has 0 aliphatic carbocycles. The molecule has 2 aromatic carbocycles. The van der Waals surface area contributed by atoms with E-state index in [0.717, 1.165) is 11.1 Å². The zero-order valence-electron chi connectivity index (χ0n) is 11.4. The molecule has 0 unspecified atom stereocenters. The van der Waals surface area contributed by atoms with Crippen molar-refractivity contribution in [2.24, 2.45) is 0 Å². The molecule has 0 bridgehead atoms. The number of nitrogens with zero attached hydrogens (tertiary/aromatic N) is 1. The molecular weight excluding hydrogens is 288 g/mol. The van der Waals surface area contributed by atoms with Crippen LogP contribution in [0.15, 0.2) is 57.8 Å². The quantitative estimate of drug-likeness (QED) is 0.804. The Kier molecular flexibility index (Phi) is 3.48. The van der Waals surface area contributed by atoms with E-state index < -0.39 is 10.0 Å². The molecule has 1 N–H and O–H groups in total. The van der Waals surface area contributed by atoms with Gasteiger partial charge in [0.05, 0.1) is 4.90 Å². The fraction of sp³-hybridized carbons (Fsp3) is 0.133. The summed E-state index contributed by atoms with van der Waals surface area (Å²) in [6, 6.07) is 13.7. The summed E-state index contributed by atoms with van der Waals surface area (Å²) in [6.07, 6.45) is 0. The molecule has 0 amide bonds. The van der Waals surface area contributed by atoms with Crippen molar-refractivity contribution in [2.45, 2.75) is 18.4 Å². The van der Waals surface area contributed by atoms with Crippen LogP contribution in [-0.4, -0.2) is 13.4 Å². The number of hydrogen-bond donors (Lipinski definition) is 1. The van der Waals surface area contributed by atoms with Crippen molar-refractivity contribution in [3.05, 3.63) is 60.0 Å². The van der Waals surface area contributed by atoms with E-state index in [0.29, 0.717) is 11.5 Å². The maximum atomic E-state index is 12.1. The van der Waals surface area contributed by atoms with Crippen molar-refractivity contribution >= 4 is 21.1 Å². The van der Waals surface area contributed by atoms with E-state index in [4.69, 9.17) is 4.42 Å². The van der Waals surface area contributed by atoms with Gasteiger partial charge in [-0.15, -0.1) is 0 Å². The third-order valence-electron chi connectivity index (χ3n) is 3.08. The Balaban J connectivity index is 1.80. The third-order valence-corrected chi connectivity index (χ3v) is 4.50. The Morgan fingerprint density at radius 2 is 1.90 bits per heavy atom. The van der Waals surface area contributed by atoms with Crippen LogP contribution in [0.2, 0.25) is 0 Å². The van der Waals surface area contributed by atoms with E-state index in [1.165, 1.54) is 0 Å². The van der Waals surface area contributed by atoms with Gasteiger partial charge in [-0.1, -0.05) is 24.3 Å². The summed E-state index contributed by atoms with van der Waals surface area (Å²) in [7, 11) is -3.50. The molecule has 3 rings (SSSR count). The third kappa shape index (κ3) is 2.96. The maximum Gasteiger partial charge on any atom is 0.240 e. The minimum atomic E-state index is -3.50. The highest BCUT2D eigenvalue weighted by Crippen LogP contribution is 2.17. The molecule has 0 saturated carbocycles. The van der Waals surface area contributed by atoms with Crippen molar-refractivity contribution in [1.82, 2.24) is 9.71 Å². The smallest absolute Gasteiger partial charge is 0.240 e. The van der Waals surface area contributed by atoms with Crippen LogP contribution in [0.25, 0.3) is 11.1 Å². The van der Waals surface area contributed by atoms with Crippen molar-refractivity contribution in [1.29, 1.82) is 0 Å². The molecule has 1 heterocycles. The molecule has 0 saturated heterocycles. The lowest BCUT2D eigenvalue weighted by molar-refractivity contribution is 0.561. The Labute approximate surface area is 122 Å². The molecule has 0 spiro atoms. The fourth-order valence-electron chi connectivity index (χ4n) is 2.06. The minimum absolute atomic E-state index is 0.207. The van der Waals surface area contributed by atoms with Crippen molar-refractivity contribution in [3.63, 3.8) is 0 Å². The molecule has 1 aromatic heterocycles. The first-order valence-electron chi connectivity index (χ1n) is 6.45. The van der Waals surface area contributed by atoms with Crippen LogP contribution in [0.5, 0.6) is 0 Å². The lowest BCUT2D eigenvalue weighted by Gasteiger charge is -2.06. The molecule has 108 valence electrons. The summed E-state index contributed by atoms with van der Waals surface area (Å²) >= 11 is 0. The number of fused-ring (bicyclic) bond motifs is 1. The molecule has 6 heteroatoms. The molecular formula is C15H14N2O3S. The normalized spacial score (nSPS) is 11.9. The highest BCUT2D eigenvalue weighted by atomic mass is 32.2. The Hall–Kier alpha value is -2.18. The molecule has 0 aliphatic rings. The molecule has 0 fully saturated rings. The fourth-order valence-corrected chi connectivity index (χ4v) is 3.10. The van der Waals surface area contributed by atoms with E-state index in [1.807, 2.05) is 12.1 Å². The molecule has 5 nitrogen and oxygen atoms in total. The molecule has 0 radical (unpaired) electrons. The van der Waals surface area contributed by atoms with Crippen molar-refractivity contribution < 1.29 is 12.8 Å². The van der Waals surface area contributed by atoms with Gasteiger partial charge in [0, 0.05) is 13.5 Å². The number of hydrogen-bond acceptors (Lipinski definition) is 4. The average Bonchev–Trinajstić information content (AvgIpc) is 2.85. The second-order valence-electron chi connectivity index (χ2n) is 4.67. The number of benzene rings is 2. The second-order valence-corrected chi connectivity index (χ2v) is 6.44. The van der Waals surface area contributed by atoms with Gasteiger partial charge in [-0.2, -0.15) is 0 Å². The number of oxazole rings is 1. The van der Waals surface area contributed by atoms with Crippen LogP contribution < -0.4 is 4.72 Å². The van der Waals surface area contributed by atoms with Crippen LogP contribution in [0.4, 0.5) is 0 Å². The summed E-state index contributed by atoms with van der Waals surface area (Å²) in [5.41, 5.74) is 2.25. The monoisotopic (exact) mass is 302 g/mol. The zero-order valence-corrected chi connectivity index (χ0v) is 12.2. The minimum Gasteiger partial charge on any atom is -0.441 e. The first-order chi connectivity index (χ1) is 10.0. The Morgan fingerprint density at radius 3 is 2.67 bits per heavy atom. The first-order valence-corrected chi connectivity index (χ1v) is 7.94. The van der Waals surface area contributed by atoms with Crippen molar-refractivity contribution in [3.8, 4) is 0 Å². The van der Waals surface area contributed by atoms with Crippen LogP contribution >= 0.6 is 0 Å². The summed E-state index contributed by atoms with van der Waals surface area (Å²) in [4.78, 5) is 4.49. The lowest BCUT2D eigenvalue weighted by atomic mass is 10.2. The van der Waals surface area contributed by atoms with E-state index >= 15 is 0 Å². The Bertz CT molecular complexity index is 870. The second kappa shape index (κ2) is 5.31. The van der Waals surface area contributed by atoms with Crippen LogP contribution in [-0.2, 0) is 16.6 Å². The van der Waals surface area contributed by atoms with E-state index in [2.05, 4.69) is 9.71 Å². The predicted octanol–water partition coefficient (Wildman–Crippen LogP) is 2.61. The van der Waals surface area contributed by atoms with Gasteiger partial charge in [-0.3, -0.25) is 0 Å². The van der Waals surface area contributed by atoms with Gasteiger partial charge in [-0.05, 0) is 29.8 Å².